The van der Waals surface area contributed by atoms with Gasteiger partial charge in [0.2, 0.25) is 0 Å². The fourth-order valence-electron chi connectivity index (χ4n) is 10.7. The fraction of sp³-hybridized carbons (Fsp3) is 1.00. The first-order valence-corrected chi connectivity index (χ1v) is 32.4. The lowest BCUT2D eigenvalue weighted by Gasteiger charge is -2.33. The molecule has 0 aromatic heterocycles. The highest BCUT2D eigenvalue weighted by molar-refractivity contribution is 4.75. The van der Waals surface area contributed by atoms with Crippen molar-refractivity contribution in [1.82, 2.24) is 20.0 Å². The smallest absolute Gasteiger partial charge is 0.0667 e. The number of aliphatic hydroxyl groups excluding tert-OH is 5. The van der Waals surface area contributed by atoms with E-state index in [-0.39, 0.29) is 6.10 Å². The highest BCUT2D eigenvalue weighted by Gasteiger charge is 2.20. The summed E-state index contributed by atoms with van der Waals surface area (Å²) in [5.74, 6) is 0. The van der Waals surface area contributed by atoms with Gasteiger partial charge in [-0.2, -0.15) is 0 Å². The number of aliphatic hydroxyl groups is 5. The van der Waals surface area contributed by atoms with Gasteiger partial charge in [-0.25, -0.2) is 0 Å². The maximum Gasteiger partial charge on any atom is 0.0667 e. The highest BCUT2D eigenvalue weighted by atomic mass is 16.3. The summed E-state index contributed by atoms with van der Waals surface area (Å²) in [5, 5.41) is 59.0. The van der Waals surface area contributed by atoms with Crippen molar-refractivity contribution in [3.05, 3.63) is 0 Å². The van der Waals surface area contributed by atoms with Crippen LogP contribution in [0.3, 0.4) is 0 Å². The zero-order chi connectivity index (χ0) is 52.8. The van der Waals surface area contributed by atoms with Crippen LogP contribution in [-0.2, 0) is 0 Å². The first-order valence-electron chi connectivity index (χ1n) is 32.4. The molecule has 0 rings (SSSR count). The van der Waals surface area contributed by atoms with Gasteiger partial charge in [0.1, 0.15) is 0 Å². The minimum Gasteiger partial charge on any atom is -0.392 e. The van der Waals surface area contributed by atoms with E-state index in [0.717, 1.165) is 90.6 Å². The topological polar surface area (TPSA) is 123 Å². The van der Waals surface area contributed by atoms with E-state index in [0.29, 0.717) is 32.7 Å². The molecule has 0 aliphatic heterocycles. The van der Waals surface area contributed by atoms with Gasteiger partial charge in [0.15, 0.2) is 0 Å². The maximum absolute atomic E-state index is 11.4. The van der Waals surface area contributed by atoms with Crippen LogP contribution < -0.4 is 5.32 Å². The van der Waals surface area contributed by atoms with Gasteiger partial charge in [-0.1, -0.05) is 272 Å². The van der Waals surface area contributed by atoms with Crippen LogP contribution in [0.4, 0.5) is 0 Å². The zero-order valence-corrected chi connectivity index (χ0v) is 49.4. The van der Waals surface area contributed by atoms with E-state index in [4.69, 9.17) is 0 Å². The molecule has 6 N–H and O–H groups in total. The molecule has 0 aromatic rings. The monoisotopic (exact) mass is 1030 g/mol. The minimum absolute atomic E-state index is 0.332. The summed E-state index contributed by atoms with van der Waals surface area (Å²) in [6, 6.07) is 0. The summed E-state index contributed by atoms with van der Waals surface area (Å²) < 4.78 is 0. The van der Waals surface area contributed by atoms with Crippen LogP contribution in [0, 0.1) is 0 Å². The second-order valence-electron chi connectivity index (χ2n) is 23.2. The summed E-state index contributed by atoms with van der Waals surface area (Å²) >= 11 is 0. The Kier molecular flexibility index (Phi) is 56.5. The molecule has 0 saturated carbocycles. The molecule has 0 amide bonds. The maximum atomic E-state index is 11.4. The molecule has 0 fully saturated rings. The van der Waals surface area contributed by atoms with E-state index in [2.05, 4.69) is 47.7 Å². The molecular weight excluding hydrogens is 893 g/mol. The third-order valence-electron chi connectivity index (χ3n) is 15.4. The second-order valence-corrected chi connectivity index (χ2v) is 23.2. The zero-order valence-electron chi connectivity index (χ0n) is 49.4. The summed E-state index contributed by atoms with van der Waals surface area (Å²) in [7, 11) is 0. The van der Waals surface area contributed by atoms with Crippen molar-refractivity contribution in [2.45, 2.75) is 335 Å². The predicted molar refractivity (Wildman–Crippen MR) is 315 cm³/mol. The number of hydrogen-bond donors (Lipinski definition) is 6. The molecule has 0 spiro atoms. The Labute approximate surface area is 450 Å². The molecule has 0 heterocycles. The lowest BCUT2D eigenvalue weighted by Crippen LogP contribution is -2.47. The average Bonchev–Trinajstić information content (AvgIpc) is 3.35. The van der Waals surface area contributed by atoms with Crippen LogP contribution in [-0.4, -0.2) is 143 Å². The predicted octanol–water partition coefficient (Wildman–Crippen LogP) is 14.8. The van der Waals surface area contributed by atoms with Gasteiger partial charge < -0.3 is 30.8 Å². The summed E-state index contributed by atoms with van der Waals surface area (Å²) in [6.07, 6.45) is 50.0. The molecule has 0 bridgehead atoms. The Hall–Kier alpha value is -0.360. The van der Waals surface area contributed by atoms with Gasteiger partial charge >= 0.3 is 0 Å². The van der Waals surface area contributed by atoms with Crippen molar-refractivity contribution in [1.29, 1.82) is 0 Å². The molecule has 9 nitrogen and oxygen atoms in total. The fourth-order valence-corrected chi connectivity index (χ4v) is 10.7. The SMILES string of the molecule is CCCCCCCCCCCCC(O)CNCCN(CCN(CC(C)O)CC(O)CCCCCCCCCCCC)CCN(CC(O)CCCCCCCCCC)CC(O)CCCCCCCCCCCC. The lowest BCUT2D eigenvalue weighted by molar-refractivity contribution is 0.0498. The summed E-state index contributed by atoms with van der Waals surface area (Å²) in [4.78, 5) is 7.07. The number of rotatable bonds is 61. The largest absolute Gasteiger partial charge is 0.392 e. The van der Waals surface area contributed by atoms with Crippen molar-refractivity contribution < 1.29 is 25.5 Å². The van der Waals surface area contributed by atoms with E-state index < -0.39 is 24.4 Å². The quantitative estimate of drug-likeness (QED) is 0.0331. The minimum atomic E-state index is -0.475. The first kappa shape index (κ1) is 71.6. The van der Waals surface area contributed by atoms with E-state index >= 15 is 0 Å². The lowest BCUT2D eigenvalue weighted by atomic mass is 10.0. The molecular formula is C63H132N4O5. The Morgan fingerprint density at radius 1 is 0.278 bits per heavy atom. The molecule has 0 radical (unpaired) electrons. The standard InChI is InChI=1S/C63H132N4O5/c1-6-10-14-18-22-26-29-33-36-40-44-60(69)54-64-48-49-65(50-52-66(55-59(5)68)56-61(70)45-41-38-34-30-27-23-19-15-11-7-2)51-53-67(57-62(71)46-42-37-32-25-21-17-13-9-4)58-63(72)47-43-39-35-31-28-24-20-16-12-8-3/h59-64,68-72H,6-58H2,1-5H3. The molecule has 5 atom stereocenters. The van der Waals surface area contributed by atoms with Crippen molar-refractivity contribution in [3.63, 3.8) is 0 Å². The van der Waals surface area contributed by atoms with Crippen molar-refractivity contribution in [3.8, 4) is 0 Å². The molecule has 0 aliphatic carbocycles. The normalized spacial score (nSPS) is 14.3. The number of unbranched alkanes of at least 4 members (excludes halogenated alkanes) is 34. The third kappa shape index (κ3) is 53.1. The van der Waals surface area contributed by atoms with Crippen LogP contribution in [0.15, 0.2) is 0 Å². The molecule has 434 valence electrons. The Morgan fingerprint density at radius 2 is 0.514 bits per heavy atom. The van der Waals surface area contributed by atoms with Gasteiger partial charge in [0, 0.05) is 72.0 Å². The Morgan fingerprint density at radius 3 is 0.792 bits per heavy atom. The number of nitrogens with zero attached hydrogens (tertiary/aromatic N) is 3. The van der Waals surface area contributed by atoms with Crippen LogP contribution in [0.1, 0.15) is 304 Å². The summed E-state index contributed by atoms with van der Waals surface area (Å²) in [5.41, 5.74) is 0. The Balaban J connectivity index is 5.54. The molecule has 9 heteroatoms. The van der Waals surface area contributed by atoms with Crippen molar-refractivity contribution >= 4 is 0 Å². The second kappa shape index (κ2) is 56.8. The highest BCUT2D eigenvalue weighted by Crippen LogP contribution is 2.17. The van der Waals surface area contributed by atoms with Crippen LogP contribution >= 0.6 is 0 Å². The number of hydrogen-bond acceptors (Lipinski definition) is 9. The van der Waals surface area contributed by atoms with Gasteiger partial charge in [-0.15, -0.1) is 0 Å². The molecule has 0 saturated heterocycles. The van der Waals surface area contributed by atoms with Gasteiger partial charge in [0.25, 0.3) is 0 Å². The summed E-state index contributed by atoms with van der Waals surface area (Å²) in [6.45, 7) is 18.6. The molecule has 0 aromatic carbocycles. The Bertz CT molecular complexity index is 1030. The average molecular weight is 1030 g/mol. The molecule has 0 aliphatic rings. The molecule has 5 unspecified atom stereocenters. The van der Waals surface area contributed by atoms with Crippen molar-refractivity contribution in [2.75, 3.05) is 72.0 Å². The van der Waals surface area contributed by atoms with Crippen LogP contribution in [0.2, 0.25) is 0 Å². The third-order valence-corrected chi connectivity index (χ3v) is 15.4. The van der Waals surface area contributed by atoms with E-state index in [1.165, 1.54) is 218 Å². The van der Waals surface area contributed by atoms with E-state index in [1.807, 2.05) is 6.92 Å². The number of nitrogens with one attached hydrogen (secondary N) is 1. The van der Waals surface area contributed by atoms with Crippen LogP contribution in [0.25, 0.3) is 0 Å². The molecule has 72 heavy (non-hydrogen) atoms. The first-order chi connectivity index (χ1) is 35.1. The van der Waals surface area contributed by atoms with Gasteiger partial charge in [0.05, 0.1) is 30.5 Å². The van der Waals surface area contributed by atoms with Gasteiger partial charge in [-0.3, -0.25) is 14.7 Å². The van der Waals surface area contributed by atoms with E-state index in [9.17, 15) is 25.5 Å². The van der Waals surface area contributed by atoms with E-state index in [1.54, 1.807) is 0 Å². The van der Waals surface area contributed by atoms with Gasteiger partial charge in [-0.05, 0) is 32.6 Å². The van der Waals surface area contributed by atoms with Crippen LogP contribution in [0.5, 0.6) is 0 Å². The van der Waals surface area contributed by atoms with Crippen molar-refractivity contribution in [2.24, 2.45) is 0 Å².